The highest BCUT2D eigenvalue weighted by atomic mass is 16.7. The summed E-state index contributed by atoms with van der Waals surface area (Å²) >= 11 is 0. The van der Waals surface area contributed by atoms with Gasteiger partial charge in [-0.05, 0) is 33.8 Å². The number of morpholine rings is 1. The van der Waals surface area contributed by atoms with Crippen LogP contribution in [0.15, 0.2) is 47.5 Å². The average Bonchev–Trinajstić information content (AvgIpc) is 3.49. The fraction of sp³-hybridized carbons (Fsp3) is 0.558. The molecular weight excluding hydrogens is 780 g/mol. The van der Waals surface area contributed by atoms with Crippen LogP contribution in [0.2, 0.25) is 0 Å². The third-order valence-corrected chi connectivity index (χ3v) is 11.9. The maximum atomic E-state index is 14.7. The summed E-state index contributed by atoms with van der Waals surface area (Å²) in [6.45, 7) is 14.3. The smallest absolute Gasteiger partial charge is 0.410 e. The highest BCUT2D eigenvalue weighted by Gasteiger charge is 2.53. The summed E-state index contributed by atoms with van der Waals surface area (Å²) in [7, 11) is 1.40. The van der Waals surface area contributed by atoms with Gasteiger partial charge in [0.2, 0.25) is 11.6 Å². The first-order chi connectivity index (χ1) is 28.3. The number of rotatable bonds is 5. The number of phenolic OH excluding ortho intramolecular Hbond substituents is 1. The first-order valence-electron chi connectivity index (χ1n) is 20.3. The number of amides is 2. The van der Waals surface area contributed by atoms with Crippen LogP contribution in [0.3, 0.4) is 0 Å². The van der Waals surface area contributed by atoms with E-state index in [4.69, 9.17) is 29.4 Å². The van der Waals surface area contributed by atoms with E-state index in [1.165, 1.54) is 51.0 Å². The molecule has 1 fully saturated rings. The molecule has 1 aliphatic carbocycles. The Morgan fingerprint density at radius 3 is 2.25 bits per heavy atom. The van der Waals surface area contributed by atoms with Gasteiger partial charge in [-0.25, -0.2) is 4.79 Å². The van der Waals surface area contributed by atoms with Gasteiger partial charge in [0, 0.05) is 69.1 Å². The van der Waals surface area contributed by atoms with E-state index in [0.717, 1.165) is 6.26 Å². The van der Waals surface area contributed by atoms with Crippen molar-refractivity contribution in [1.29, 1.82) is 0 Å². The number of nitrogens with zero attached hydrogens (tertiary/aromatic N) is 2. The van der Waals surface area contributed by atoms with E-state index in [0.29, 0.717) is 13.1 Å². The molecule has 1 aromatic rings. The molecule has 1 aromatic carbocycles. The number of aliphatic hydroxyl groups excluding tert-OH is 2. The van der Waals surface area contributed by atoms with Crippen molar-refractivity contribution in [3.05, 3.63) is 69.8 Å². The van der Waals surface area contributed by atoms with E-state index in [2.05, 4.69) is 5.32 Å². The van der Waals surface area contributed by atoms with Gasteiger partial charge in [0.15, 0.2) is 0 Å². The molecule has 0 spiro atoms. The molecule has 17 heteroatoms. The monoisotopic (exact) mass is 838 g/mol. The number of ketones is 3. The Balaban J connectivity index is 1.66. The molecule has 1 saturated heterocycles. The predicted octanol–water partition coefficient (Wildman–Crippen LogP) is 2.90. The lowest BCUT2D eigenvalue weighted by Crippen LogP contribution is -2.56. The Bertz CT molecular complexity index is 2000. The molecule has 9 atom stereocenters. The highest BCUT2D eigenvalue weighted by molar-refractivity contribution is 6.32. The van der Waals surface area contributed by atoms with Gasteiger partial charge in [0.1, 0.15) is 29.0 Å². The molecule has 5 bridgehead atoms. The number of allylic oxidation sites excluding steroid dienone is 4. The van der Waals surface area contributed by atoms with Crippen LogP contribution in [0, 0.1) is 24.7 Å². The van der Waals surface area contributed by atoms with Crippen molar-refractivity contribution in [2.45, 2.75) is 91.6 Å². The lowest BCUT2D eigenvalue weighted by atomic mass is 9.81. The summed E-state index contributed by atoms with van der Waals surface area (Å²) in [4.78, 5) is 73.7. The zero-order valence-electron chi connectivity index (χ0n) is 35.6. The van der Waals surface area contributed by atoms with Crippen LogP contribution < -0.4 is 15.8 Å². The van der Waals surface area contributed by atoms with Crippen molar-refractivity contribution >= 4 is 29.4 Å². The van der Waals surface area contributed by atoms with Crippen LogP contribution in [0.25, 0.3) is 0 Å². The lowest BCUT2D eigenvalue weighted by molar-refractivity contribution is -0.116. The van der Waals surface area contributed by atoms with Gasteiger partial charge >= 0.3 is 11.9 Å². The standard InChI is InChI=1S/C43H58N4O13/c1-10-46(11-2)42(55)59-39-23(5)26(56-9)15-18-58-43(8)40(53)29-27-28(34(49)25(7)38(29)60-43)36(51)31(32(37(27)52)47-16-19-57-20-17-47)45-41(54)22(4)14-12-13-21(3)33(48)24(6)35(50)30(39)44/h12-15,18,21,23-24,26,30,33,35,39,48-50H,10-11,16-17,19-20,44H2,1-9H3,(H,45,54)/b13-12+,18-15+,22-14-/t21-,23+,24+,26-,30+,33-,35+,39+,43-/m0/s1. The number of phenols is 1. The summed E-state index contributed by atoms with van der Waals surface area (Å²) in [5, 5.41) is 37.1. The molecule has 4 aliphatic heterocycles. The van der Waals surface area contributed by atoms with Crippen LogP contribution in [0.1, 0.15) is 85.1 Å². The van der Waals surface area contributed by atoms with E-state index >= 15 is 0 Å². The average molecular weight is 839 g/mol. The Labute approximate surface area is 349 Å². The number of nitrogens with two attached hydrogens (primary N) is 1. The Morgan fingerprint density at radius 2 is 1.63 bits per heavy atom. The van der Waals surface area contributed by atoms with Crippen molar-refractivity contribution in [1.82, 2.24) is 15.1 Å². The molecule has 4 heterocycles. The number of carbonyl (C=O) groups is 5. The molecule has 328 valence electrons. The minimum Gasteiger partial charge on any atom is -0.507 e. The van der Waals surface area contributed by atoms with Crippen molar-refractivity contribution in [3.8, 4) is 11.5 Å². The number of fused-ring (bicyclic) bond motifs is 14. The summed E-state index contributed by atoms with van der Waals surface area (Å²) in [5.41, 5.74) is 5.12. The topological polar surface area (TPSA) is 237 Å². The lowest BCUT2D eigenvalue weighted by Gasteiger charge is -2.38. The van der Waals surface area contributed by atoms with Crippen molar-refractivity contribution < 1.29 is 63.0 Å². The van der Waals surface area contributed by atoms with Gasteiger partial charge in [0.25, 0.3) is 11.7 Å². The number of nitrogens with one attached hydrogen (secondary N) is 1. The largest absolute Gasteiger partial charge is 0.507 e. The Kier molecular flexibility index (Phi) is 14.3. The number of hydrogen-bond donors (Lipinski definition) is 5. The predicted molar refractivity (Wildman–Crippen MR) is 217 cm³/mol. The molecule has 0 unspecified atom stereocenters. The number of methoxy groups -OCH3 is 1. The second-order valence-electron chi connectivity index (χ2n) is 15.8. The number of aromatic hydroxyl groups is 1. The fourth-order valence-electron chi connectivity index (χ4n) is 7.96. The molecule has 60 heavy (non-hydrogen) atoms. The van der Waals surface area contributed by atoms with Crippen LogP contribution in [-0.4, -0.2) is 137 Å². The van der Waals surface area contributed by atoms with Crippen LogP contribution >= 0.6 is 0 Å². The van der Waals surface area contributed by atoms with Crippen LogP contribution in [-0.2, 0) is 23.7 Å². The number of benzene rings is 1. The molecule has 2 amide bonds. The molecule has 5 aliphatic rings. The van der Waals surface area contributed by atoms with E-state index in [1.54, 1.807) is 45.6 Å². The number of carbonyl (C=O) groups excluding carboxylic acids is 5. The SMILES string of the molecule is CCN(CC)C(=O)O[C@@H]1[C@H](C)[C@@H](OC)/C=C/O[C@@]2(C)Oc3c(C)c(O)c4c(c3C2=O)C(=O)C(N2CCOCC2)=C(NC(=O)/C(C)=C\C=C\[C@H](C)[C@H](O)[C@@H](C)[C@@H](O)[C@H]1N)C4=O. The third kappa shape index (κ3) is 8.59. The number of Topliss-reactive ketones (excluding diaryl/α,β-unsaturated/α-hetero) is 3. The summed E-state index contributed by atoms with van der Waals surface area (Å²) in [6, 6.07) is -1.23. The highest BCUT2D eigenvalue weighted by Crippen LogP contribution is 2.49. The molecule has 0 aromatic heterocycles. The summed E-state index contributed by atoms with van der Waals surface area (Å²) in [5.74, 6) is -8.32. The van der Waals surface area contributed by atoms with Gasteiger partial charge in [-0.2, -0.15) is 0 Å². The second-order valence-corrected chi connectivity index (χ2v) is 15.8. The van der Waals surface area contributed by atoms with Gasteiger partial charge < -0.3 is 59.9 Å². The Hall–Kier alpha value is -5.07. The Morgan fingerprint density at radius 1 is 0.983 bits per heavy atom. The molecular formula is C43H58N4O13. The van der Waals surface area contributed by atoms with E-state index in [-0.39, 0.29) is 65.7 Å². The second kappa shape index (κ2) is 18.7. The minimum absolute atomic E-state index is 0.0129. The quantitative estimate of drug-likeness (QED) is 0.287. The number of aliphatic hydroxyl groups is 2. The molecule has 0 radical (unpaired) electrons. The third-order valence-electron chi connectivity index (χ3n) is 11.9. The first-order valence-corrected chi connectivity index (χ1v) is 20.3. The van der Waals surface area contributed by atoms with E-state index in [1.807, 2.05) is 0 Å². The van der Waals surface area contributed by atoms with Crippen LogP contribution in [0.5, 0.6) is 11.5 Å². The van der Waals surface area contributed by atoms with Crippen molar-refractivity contribution in [2.24, 2.45) is 23.5 Å². The maximum absolute atomic E-state index is 14.7. The zero-order chi connectivity index (χ0) is 44.4. The van der Waals surface area contributed by atoms with Crippen molar-refractivity contribution in [3.63, 3.8) is 0 Å². The van der Waals surface area contributed by atoms with Gasteiger partial charge in [-0.15, -0.1) is 0 Å². The van der Waals surface area contributed by atoms with Gasteiger partial charge in [-0.3, -0.25) is 19.2 Å². The zero-order valence-corrected chi connectivity index (χ0v) is 35.6. The van der Waals surface area contributed by atoms with Crippen LogP contribution in [0.4, 0.5) is 4.79 Å². The normalized spacial score (nSPS) is 32.4. The molecule has 17 nitrogen and oxygen atoms in total. The summed E-state index contributed by atoms with van der Waals surface area (Å²) in [6.07, 6.45) is 1.89. The van der Waals surface area contributed by atoms with Gasteiger partial charge in [-0.1, -0.05) is 39.0 Å². The molecule has 6 rings (SSSR count). The van der Waals surface area contributed by atoms with E-state index in [9.17, 15) is 39.3 Å². The molecule has 0 saturated carbocycles. The van der Waals surface area contributed by atoms with Gasteiger partial charge in [0.05, 0.1) is 60.5 Å². The summed E-state index contributed by atoms with van der Waals surface area (Å²) < 4.78 is 29.3. The number of ether oxygens (including phenoxy) is 5. The van der Waals surface area contributed by atoms with Crippen molar-refractivity contribution in [2.75, 3.05) is 46.5 Å². The number of hydrogen-bond acceptors (Lipinski definition) is 15. The minimum atomic E-state index is -2.11. The van der Waals surface area contributed by atoms with E-state index < -0.39 is 94.7 Å². The maximum Gasteiger partial charge on any atom is 0.410 e. The molecule has 6 N–H and O–H groups in total. The fourth-order valence-corrected chi connectivity index (χ4v) is 7.96. The first kappa shape index (κ1) is 46.0.